The summed E-state index contributed by atoms with van der Waals surface area (Å²) in [6.45, 7) is 2.98. The monoisotopic (exact) mass is 326 g/mol. The van der Waals surface area contributed by atoms with E-state index in [4.69, 9.17) is 4.74 Å². The molecule has 0 aliphatic rings. The van der Waals surface area contributed by atoms with Crippen molar-refractivity contribution in [3.63, 3.8) is 0 Å². The summed E-state index contributed by atoms with van der Waals surface area (Å²) in [7, 11) is 5.72. The molecule has 21 heavy (non-hydrogen) atoms. The third kappa shape index (κ3) is 4.51. The minimum Gasteiger partial charge on any atom is -0.374 e. The minimum atomic E-state index is 0.401. The summed E-state index contributed by atoms with van der Waals surface area (Å²) in [5.41, 5.74) is 0. The lowest BCUT2D eigenvalue weighted by Crippen LogP contribution is -2.07. The fourth-order valence-corrected chi connectivity index (χ4v) is 3.16. The zero-order valence-corrected chi connectivity index (χ0v) is 14.1. The molecule has 0 atom stereocenters. The largest absolute Gasteiger partial charge is 0.374 e. The van der Waals surface area contributed by atoms with Gasteiger partial charge in [-0.3, -0.25) is 0 Å². The zero-order chi connectivity index (χ0) is 15.2. The molecule has 0 aliphatic carbocycles. The Morgan fingerprint density at radius 3 is 2.76 bits per heavy atom. The van der Waals surface area contributed by atoms with Gasteiger partial charge in [0.25, 0.3) is 0 Å². The lowest BCUT2D eigenvalue weighted by atomic mass is 10.5. The predicted octanol–water partition coefficient (Wildman–Crippen LogP) is 2.12. The van der Waals surface area contributed by atoms with Gasteiger partial charge < -0.3 is 15.0 Å². The van der Waals surface area contributed by atoms with Crippen LogP contribution in [-0.4, -0.2) is 47.9 Å². The summed E-state index contributed by atoms with van der Waals surface area (Å²) in [4.78, 5) is 10.8. The van der Waals surface area contributed by atoms with Gasteiger partial charge in [-0.25, -0.2) is 9.97 Å². The molecule has 7 nitrogen and oxygen atoms in total. The highest BCUT2D eigenvalue weighted by Gasteiger charge is 2.11. The zero-order valence-electron chi connectivity index (χ0n) is 12.5. The number of anilines is 2. The quantitative estimate of drug-likeness (QED) is 0.776. The van der Waals surface area contributed by atoms with Crippen molar-refractivity contribution in [2.45, 2.75) is 22.9 Å². The van der Waals surface area contributed by atoms with Gasteiger partial charge in [0.15, 0.2) is 10.2 Å². The lowest BCUT2D eigenvalue weighted by Gasteiger charge is -2.06. The number of nitrogens with zero attached hydrogens (tertiary/aromatic N) is 5. The number of ether oxygens (including phenoxy) is 1. The first-order valence-electron chi connectivity index (χ1n) is 6.44. The van der Waals surface area contributed by atoms with Crippen LogP contribution in [0.4, 0.5) is 10.9 Å². The highest BCUT2D eigenvalue weighted by Crippen LogP contribution is 2.32. The minimum absolute atomic E-state index is 0.401. The molecule has 0 amide bonds. The molecule has 2 aromatic rings. The van der Waals surface area contributed by atoms with Crippen molar-refractivity contribution in [2.24, 2.45) is 0 Å². The Hall–Kier alpha value is -1.45. The molecule has 0 unspecified atom stereocenters. The average Bonchev–Trinajstić information content (AvgIpc) is 2.93. The molecule has 0 spiro atoms. The van der Waals surface area contributed by atoms with E-state index in [9.17, 15) is 0 Å². The Labute approximate surface area is 132 Å². The second-order valence-corrected chi connectivity index (χ2v) is 6.47. The van der Waals surface area contributed by atoms with Crippen molar-refractivity contribution >= 4 is 34.0 Å². The summed E-state index contributed by atoms with van der Waals surface area (Å²) in [5, 5.41) is 13.0. The first kappa shape index (κ1) is 15.9. The number of rotatable bonds is 7. The van der Waals surface area contributed by atoms with E-state index in [0.29, 0.717) is 19.0 Å². The van der Waals surface area contributed by atoms with Gasteiger partial charge in [-0.05, 0) is 18.7 Å². The molecule has 0 saturated carbocycles. The van der Waals surface area contributed by atoms with Crippen molar-refractivity contribution in [1.29, 1.82) is 0 Å². The van der Waals surface area contributed by atoms with Crippen molar-refractivity contribution in [3.8, 4) is 0 Å². The lowest BCUT2D eigenvalue weighted by molar-refractivity contribution is 0.128. The summed E-state index contributed by atoms with van der Waals surface area (Å²) in [5.74, 6) is 1.42. The van der Waals surface area contributed by atoms with E-state index in [1.807, 2.05) is 39.0 Å². The van der Waals surface area contributed by atoms with Crippen LogP contribution in [0.1, 0.15) is 12.7 Å². The van der Waals surface area contributed by atoms with Crippen molar-refractivity contribution in [1.82, 2.24) is 20.2 Å². The Balaban J connectivity index is 2.17. The van der Waals surface area contributed by atoms with Crippen molar-refractivity contribution in [2.75, 3.05) is 38.0 Å². The fraction of sp³-hybridized carbons (Fsp3) is 0.500. The molecule has 2 aromatic heterocycles. The van der Waals surface area contributed by atoms with E-state index >= 15 is 0 Å². The van der Waals surface area contributed by atoms with Gasteiger partial charge in [-0.2, -0.15) is 0 Å². The molecule has 1 N–H and O–H groups in total. The summed E-state index contributed by atoms with van der Waals surface area (Å²) in [6.07, 6.45) is 0. The molecule has 2 rings (SSSR count). The standard InChI is InChI=1S/C12H18N6OS2/c1-5-19-7-9-14-8(13-2)6-10(15-9)20-12-17-16-11(21-12)18(3)4/h6H,5,7H2,1-4H3,(H,13,14,15). The van der Waals surface area contributed by atoms with Gasteiger partial charge in [0.05, 0.1) is 0 Å². The fourth-order valence-electron chi connectivity index (χ4n) is 1.42. The van der Waals surface area contributed by atoms with Gasteiger partial charge in [0, 0.05) is 33.8 Å². The van der Waals surface area contributed by atoms with Crippen molar-refractivity contribution < 1.29 is 4.74 Å². The second kappa shape index (κ2) is 7.53. The van der Waals surface area contributed by atoms with Gasteiger partial charge in [0.1, 0.15) is 17.5 Å². The van der Waals surface area contributed by atoms with Gasteiger partial charge in [-0.1, -0.05) is 11.3 Å². The smallest absolute Gasteiger partial charge is 0.208 e. The molecule has 114 valence electrons. The molecule has 0 aromatic carbocycles. The van der Waals surface area contributed by atoms with E-state index in [2.05, 4.69) is 25.5 Å². The first-order chi connectivity index (χ1) is 10.1. The molecule has 2 heterocycles. The molecular formula is C12H18N6OS2. The molecule has 0 aliphatic heterocycles. The van der Waals surface area contributed by atoms with E-state index in [1.165, 1.54) is 23.1 Å². The predicted molar refractivity (Wildman–Crippen MR) is 85.3 cm³/mol. The maximum atomic E-state index is 5.37. The van der Waals surface area contributed by atoms with Crippen LogP contribution >= 0.6 is 23.1 Å². The van der Waals surface area contributed by atoms with E-state index in [0.717, 1.165) is 20.3 Å². The van der Waals surface area contributed by atoms with Crippen LogP contribution in [0.2, 0.25) is 0 Å². The Morgan fingerprint density at radius 1 is 1.33 bits per heavy atom. The maximum absolute atomic E-state index is 5.37. The van der Waals surface area contributed by atoms with Crippen molar-refractivity contribution in [3.05, 3.63) is 11.9 Å². The number of hydrogen-bond donors (Lipinski definition) is 1. The summed E-state index contributed by atoms with van der Waals surface area (Å²) >= 11 is 3.00. The SMILES string of the molecule is CCOCc1nc(NC)cc(Sc2nnc(N(C)C)s2)n1. The Bertz CT molecular complexity index is 589. The van der Waals surface area contributed by atoms with Crippen LogP contribution in [0.5, 0.6) is 0 Å². The van der Waals surface area contributed by atoms with E-state index < -0.39 is 0 Å². The van der Waals surface area contributed by atoms with E-state index in [1.54, 1.807) is 0 Å². The van der Waals surface area contributed by atoms with Gasteiger partial charge >= 0.3 is 0 Å². The Kier molecular flexibility index (Phi) is 5.71. The van der Waals surface area contributed by atoms with Gasteiger partial charge in [0.2, 0.25) is 5.13 Å². The van der Waals surface area contributed by atoms with Crippen LogP contribution in [0.3, 0.4) is 0 Å². The van der Waals surface area contributed by atoms with Crippen LogP contribution < -0.4 is 10.2 Å². The molecule has 0 fully saturated rings. The maximum Gasteiger partial charge on any atom is 0.208 e. The highest BCUT2D eigenvalue weighted by atomic mass is 32.2. The molecule has 0 radical (unpaired) electrons. The molecule has 0 saturated heterocycles. The average molecular weight is 326 g/mol. The first-order valence-corrected chi connectivity index (χ1v) is 8.07. The number of aromatic nitrogens is 4. The van der Waals surface area contributed by atoms with Crippen LogP contribution in [0, 0.1) is 0 Å². The third-order valence-electron chi connectivity index (χ3n) is 2.41. The summed E-state index contributed by atoms with van der Waals surface area (Å²) < 4.78 is 6.21. The molecule has 0 bridgehead atoms. The molecular weight excluding hydrogens is 308 g/mol. The molecule has 9 heteroatoms. The van der Waals surface area contributed by atoms with Crippen LogP contribution in [0.15, 0.2) is 15.4 Å². The van der Waals surface area contributed by atoms with Gasteiger partial charge in [-0.15, -0.1) is 10.2 Å². The normalized spacial score (nSPS) is 10.7. The topological polar surface area (TPSA) is 76.1 Å². The van der Waals surface area contributed by atoms with E-state index in [-0.39, 0.29) is 0 Å². The highest BCUT2D eigenvalue weighted by molar-refractivity contribution is 8.01. The van der Waals surface area contributed by atoms with Crippen LogP contribution in [-0.2, 0) is 11.3 Å². The third-order valence-corrected chi connectivity index (χ3v) is 4.47. The summed E-state index contributed by atoms with van der Waals surface area (Å²) in [6, 6.07) is 1.89. The van der Waals surface area contributed by atoms with Crippen LogP contribution in [0.25, 0.3) is 0 Å². The second-order valence-electron chi connectivity index (χ2n) is 4.24. The number of nitrogens with one attached hydrogen (secondary N) is 1. The number of hydrogen-bond acceptors (Lipinski definition) is 9. The Morgan fingerprint density at radius 2 is 2.14 bits per heavy atom.